The van der Waals surface area contributed by atoms with E-state index >= 15 is 0 Å². The van der Waals surface area contributed by atoms with Gasteiger partial charge in [-0.05, 0) is 12.8 Å². The van der Waals surface area contributed by atoms with Crippen molar-refractivity contribution in [2.24, 2.45) is 11.7 Å². The lowest BCUT2D eigenvalue weighted by atomic mass is 10.0. The molecule has 13 heteroatoms. The number of amides is 3. The highest BCUT2D eigenvalue weighted by atomic mass is 32.1. The first-order chi connectivity index (χ1) is 14.5. The van der Waals surface area contributed by atoms with Crippen LogP contribution in [0.2, 0.25) is 0 Å². The zero-order valence-corrected chi connectivity index (χ0v) is 18.4. The maximum Gasteiger partial charge on any atom is 0.327 e. The number of carbonyl (C=O) groups excluding carboxylic acids is 3. The summed E-state index contributed by atoms with van der Waals surface area (Å²) in [4.78, 5) is 55.6. The summed E-state index contributed by atoms with van der Waals surface area (Å²) >= 11 is 3.90. The van der Waals surface area contributed by atoms with Crippen LogP contribution in [0.3, 0.4) is 0 Å². The van der Waals surface area contributed by atoms with Crippen molar-refractivity contribution in [3.63, 3.8) is 0 Å². The number of aliphatic hydroxyl groups excluding tert-OH is 1. The topological polar surface area (TPSA) is 200 Å². The highest BCUT2D eigenvalue weighted by molar-refractivity contribution is 7.80. The molecule has 1 heterocycles. The maximum atomic E-state index is 12.9. The van der Waals surface area contributed by atoms with Gasteiger partial charge in [0.15, 0.2) is 0 Å². The van der Waals surface area contributed by atoms with Gasteiger partial charge in [-0.2, -0.15) is 12.6 Å². The van der Waals surface area contributed by atoms with Gasteiger partial charge in [0.1, 0.15) is 24.2 Å². The van der Waals surface area contributed by atoms with E-state index in [1.807, 2.05) is 0 Å². The minimum Gasteiger partial charge on any atom is -0.480 e. The fourth-order valence-corrected chi connectivity index (χ4v) is 2.80. The summed E-state index contributed by atoms with van der Waals surface area (Å²) in [5.74, 6) is -3.91. The van der Waals surface area contributed by atoms with Crippen molar-refractivity contribution < 1.29 is 29.4 Å². The molecular weight excluding hydrogens is 428 g/mol. The molecule has 0 spiro atoms. The molecule has 3 amide bonds. The predicted molar refractivity (Wildman–Crippen MR) is 114 cm³/mol. The van der Waals surface area contributed by atoms with Crippen LogP contribution in [0.25, 0.3) is 0 Å². The normalized spacial score (nSPS) is 16.0. The van der Waals surface area contributed by atoms with Gasteiger partial charge in [-0.3, -0.25) is 14.4 Å². The Balaban J connectivity index is 3.00. The van der Waals surface area contributed by atoms with Crippen LogP contribution >= 0.6 is 12.6 Å². The second-order valence-corrected chi connectivity index (χ2v) is 7.79. The smallest absolute Gasteiger partial charge is 0.327 e. The number of carbonyl (C=O) groups is 4. The van der Waals surface area contributed by atoms with E-state index < -0.39 is 54.0 Å². The second kappa shape index (κ2) is 12.3. The number of nitrogens with zero attached hydrogens (tertiary/aromatic N) is 1. The van der Waals surface area contributed by atoms with Crippen molar-refractivity contribution in [2.45, 2.75) is 57.5 Å². The predicted octanol–water partition coefficient (Wildman–Crippen LogP) is -2.21. The molecule has 1 rings (SSSR count). The zero-order valence-electron chi connectivity index (χ0n) is 17.5. The number of nitrogens with one attached hydrogen (secondary N) is 4. The van der Waals surface area contributed by atoms with E-state index in [0.29, 0.717) is 5.69 Å². The number of imidazole rings is 1. The molecule has 0 aliphatic heterocycles. The highest BCUT2D eigenvalue weighted by Gasteiger charge is 2.32. The molecule has 12 nitrogen and oxygen atoms in total. The largest absolute Gasteiger partial charge is 0.480 e. The molecule has 8 N–H and O–H groups in total. The molecule has 0 saturated heterocycles. The van der Waals surface area contributed by atoms with Gasteiger partial charge in [0.25, 0.3) is 0 Å². The molecule has 5 unspecified atom stereocenters. The van der Waals surface area contributed by atoms with Gasteiger partial charge in [-0.15, -0.1) is 0 Å². The summed E-state index contributed by atoms with van der Waals surface area (Å²) < 4.78 is 0. The monoisotopic (exact) mass is 458 g/mol. The van der Waals surface area contributed by atoms with Crippen molar-refractivity contribution in [3.8, 4) is 0 Å². The van der Waals surface area contributed by atoms with Crippen LogP contribution < -0.4 is 21.7 Å². The van der Waals surface area contributed by atoms with Crippen molar-refractivity contribution in [1.29, 1.82) is 0 Å². The number of aromatic nitrogens is 2. The minimum atomic E-state index is -1.26. The number of thiol groups is 1. The van der Waals surface area contributed by atoms with Gasteiger partial charge in [0, 0.05) is 24.1 Å². The second-order valence-electron chi connectivity index (χ2n) is 7.42. The quantitative estimate of drug-likeness (QED) is 0.161. The maximum absolute atomic E-state index is 12.9. The van der Waals surface area contributed by atoms with Crippen LogP contribution in [0, 0.1) is 5.92 Å². The standard InChI is InChI=1S/C18H30N6O6S/c1-8(2)14(17(28)23-12(6-31)18(29)30)24-15(26)11(4-10-5-20-7-21-10)22-16(27)13(19)9(3)25/h5,7-9,11-14,25,31H,4,6,19H2,1-3H3,(H,20,21)(H,22,27)(H,23,28)(H,24,26)(H,29,30). The van der Waals surface area contributed by atoms with Gasteiger partial charge in [-0.25, -0.2) is 9.78 Å². The summed E-state index contributed by atoms with van der Waals surface area (Å²) in [6.45, 7) is 4.69. The van der Waals surface area contributed by atoms with E-state index in [4.69, 9.17) is 10.8 Å². The van der Waals surface area contributed by atoms with E-state index in [2.05, 4.69) is 38.5 Å². The van der Waals surface area contributed by atoms with Crippen LogP contribution in [-0.4, -0.2) is 79.9 Å². The molecule has 0 fully saturated rings. The average molecular weight is 459 g/mol. The number of hydrogen-bond donors (Lipinski definition) is 8. The first kappa shape index (κ1) is 26.4. The molecule has 1 aromatic rings. The Morgan fingerprint density at radius 1 is 1.10 bits per heavy atom. The number of H-pyrrole nitrogens is 1. The summed E-state index contributed by atoms with van der Waals surface area (Å²) in [5.41, 5.74) is 6.18. The number of hydrogen-bond acceptors (Lipinski definition) is 8. The van der Waals surface area contributed by atoms with E-state index in [1.54, 1.807) is 13.8 Å². The third-order valence-electron chi connectivity index (χ3n) is 4.48. The number of aliphatic hydroxyl groups is 1. The molecular formula is C18H30N6O6S. The Kier molecular flexibility index (Phi) is 10.4. The summed E-state index contributed by atoms with van der Waals surface area (Å²) in [6, 6.07) is -4.68. The Hall–Kier alpha value is -2.64. The fraction of sp³-hybridized carbons (Fsp3) is 0.611. The summed E-state index contributed by atoms with van der Waals surface area (Å²) in [7, 11) is 0. The Bertz CT molecular complexity index is 757. The van der Waals surface area contributed by atoms with Crippen LogP contribution in [0.15, 0.2) is 12.5 Å². The lowest BCUT2D eigenvalue weighted by Crippen LogP contribution is -2.59. The minimum absolute atomic E-state index is 0.0188. The molecule has 0 radical (unpaired) electrons. The molecule has 0 aliphatic carbocycles. The Morgan fingerprint density at radius 2 is 1.71 bits per heavy atom. The molecule has 1 aromatic heterocycles. The number of aromatic amines is 1. The number of rotatable bonds is 12. The van der Waals surface area contributed by atoms with E-state index in [1.165, 1.54) is 19.4 Å². The van der Waals surface area contributed by atoms with Gasteiger partial charge < -0.3 is 36.9 Å². The average Bonchev–Trinajstić information content (AvgIpc) is 3.20. The first-order valence-electron chi connectivity index (χ1n) is 9.63. The zero-order chi connectivity index (χ0) is 23.7. The Labute approximate surface area is 185 Å². The van der Waals surface area contributed by atoms with Gasteiger partial charge in [0.05, 0.1) is 12.4 Å². The van der Waals surface area contributed by atoms with E-state index in [9.17, 15) is 24.3 Å². The van der Waals surface area contributed by atoms with Gasteiger partial charge >= 0.3 is 5.97 Å². The molecule has 5 atom stereocenters. The molecule has 0 bridgehead atoms. The van der Waals surface area contributed by atoms with Crippen molar-refractivity contribution >= 4 is 36.3 Å². The number of carboxylic acids is 1. The summed E-state index contributed by atoms with van der Waals surface area (Å²) in [6.07, 6.45) is 1.75. The van der Waals surface area contributed by atoms with Crippen molar-refractivity contribution in [1.82, 2.24) is 25.9 Å². The van der Waals surface area contributed by atoms with E-state index in [0.717, 1.165) is 0 Å². The molecule has 31 heavy (non-hydrogen) atoms. The molecule has 0 aliphatic rings. The fourth-order valence-electron chi connectivity index (χ4n) is 2.55. The highest BCUT2D eigenvalue weighted by Crippen LogP contribution is 2.06. The molecule has 174 valence electrons. The van der Waals surface area contributed by atoms with Crippen LogP contribution in [-0.2, 0) is 25.6 Å². The lowest BCUT2D eigenvalue weighted by Gasteiger charge is -2.27. The summed E-state index contributed by atoms with van der Waals surface area (Å²) in [5, 5.41) is 26.0. The van der Waals surface area contributed by atoms with E-state index in [-0.39, 0.29) is 18.1 Å². The van der Waals surface area contributed by atoms with Crippen LogP contribution in [0.5, 0.6) is 0 Å². The van der Waals surface area contributed by atoms with Crippen LogP contribution in [0.1, 0.15) is 26.5 Å². The number of nitrogens with two attached hydrogens (primary N) is 1. The third-order valence-corrected chi connectivity index (χ3v) is 4.84. The lowest BCUT2D eigenvalue weighted by molar-refractivity contribution is -0.142. The van der Waals surface area contributed by atoms with Crippen molar-refractivity contribution in [3.05, 3.63) is 18.2 Å². The Morgan fingerprint density at radius 3 is 2.16 bits per heavy atom. The van der Waals surface area contributed by atoms with Gasteiger partial charge in [0.2, 0.25) is 17.7 Å². The van der Waals surface area contributed by atoms with Crippen LogP contribution in [0.4, 0.5) is 0 Å². The van der Waals surface area contributed by atoms with Gasteiger partial charge in [-0.1, -0.05) is 13.8 Å². The SMILES string of the molecule is CC(C)C(NC(=O)C(Cc1cnc[nH]1)NC(=O)C(N)C(C)O)C(=O)NC(CS)C(=O)O. The number of carboxylic acid groups (broad SMARTS) is 1. The third kappa shape index (κ3) is 8.19. The molecule has 0 aromatic carbocycles. The number of aliphatic carboxylic acids is 1. The first-order valence-corrected chi connectivity index (χ1v) is 10.3. The molecule has 0 saturated carbocycles. The van der Waals surface area contributed by atoms with Crippen molar-refractivity contribution in [2.75, 3.05) is 5.75 Å².